The van der Waals surface area contributed by atoms with Crippen LogP contribution in [-0.2, 0) is 4.79 Å². The number of rotatable bonds is 3. The zero-order chi connectivity index (χ0) is 9.26. The third-order valence-electron chi connectivity index (χ3n) is 2.93. The number of nitrogens with zero attached hydrogens (tertiary/aromatic N) is 2. The molecular formula is C10H17N2O. The highest BCUT2D eigenvalue weighted by atomic mass is 16.2. The predicted octanol–water partition coefficient (Wildman–Crippen LogP) is 0.622. The summed E-state index contributed by atoms with van der Waals surface area (Å²) in [5.41, 5.74) is 0. The highest BCUT2D eigenvalue weighted by Gasteiger charge is 2.32. The second-order valence-corrected chi connectivity index (χ2v) is 4.19. The summed E-state index contributed by atoms with van der Waals surface area (Å²) in [6.07, 6.45) is 3.60. The topological polar surface area (TPSA) is 34.4 Å². The van der Waals surface area contributed by atoms with Gasteiger partial charge in [0.2, 0.25) is 5.91 Å². The van der Waals surface area contributed by atoms with Crippen LogP contribution in [0.5, 0.6) is 0 Å². The van der Waals surface area contributed by atoms with Crippen LogP contribution in [0.15, 0.2) is 0 Å². The maximum absolute atomic E-state index is 11.3. The summed E-state index contributed by atoms with van der Waals surface area (Å²) in [4.78, 5) is 13.4. The van der Waals surface area contributed by atoms with Crippen LogP contribution in [0.3, 0.4) is 0 Å². The van der Waals surface area contributed by atoms with Crippen molar-refractivity contribution in [1.82, 2.24) is 10.2 Å². The molecule has 3 heteroatoms. The van der Waals surface area contributed by atoms with Gasteiger partial charge in [-0.05, 0) is 25.2 Å². The highest BCUT2D eigenvalue weighted by Crippen LogP contribution is 2.28. The molecule has 1 radical (unpaired) electrons. The molecule has 2 rings (SSSR count). The van der Waals surface area contributed by atoms with Crippen LogP contribution in [0.25, 0.3) is 0 Å². The maximum atomic E-state index is 11.3. The summed E-state index contributed by atoms with van der Waals surface area (Å²) in [5, 5.41) is 4.32. The minimum atomic E-state index is 0.245. The predicted molar refractivity (Wildman–Crippen MR) is 50.4 cm³/mol. The van der Waals surface area contributed by atoms with Gasteiger partial charge in [-0.2, -0.15) is 0 Å². The first kappa shape index (κ1) is 9.00. The van der Waals surface area contributed by atoms with E-state index < -0.39 is 0 Å². The van der Waals surface area contributed by atoms with Crippen LogP contribution in [0.1, 0.15) is 26.2 Å². The van der Waals surface area contributed by atoms with E-state index in [9.17, 15) is 4.79 Å². The van der Waals surface area contributed by atoms with Crippen molar-refractivity contribution in [2.45, 2.75) is 32.2 Å². The van der Waals surface area contributed by atoms with Gasteiger partial charge in [0.25, 0.3) is 0 Å². The van der Waals surface area contributed by atoms with Crippen LogP contribution in [0.4, 0.5) is 0 Å². The summed E-state index contributed by atoms with van der Waals surface area (Å²) in [5.74, 6) is 0.888. The molecule has 1 heterocycles. The van der Waals surface area contributed by atoms with Crippen molar-refractivity contribution in [3.8, 4) is 0 Å². The van der Waals surface area contributed by atoms with Gasteiger partial charge in [-0.25, -0.2) is 5.32 Å². The average molecular weight is 181 g/mol. The summed E-state index contributed by atoms with van der Waals surface area (Å²) in [7, 11) is 0. The molecule has 3 nitrogen and oxygen atoms in total. The molecular weight excluding hydrogens is 164 g/mol. The zero-order valence-electron chi connectivity index (χ0n) is 8.20. The van der Waals surface area contributed by atoms with Crippen LogP contribution < -0.4 is 5.32 Å². The number of amides is 1. The third kappa shape index (κ3) is 2.21. The fraction of sp³-hybridized carbons (Fsp3) is 0.900. The molecule has 0 aromatic heterocycles. The van der Waals surface area contributed by atoms with E-state index in [1.165, 1.54) is 19.3 Å². The summed E-state index contributed by atoms with van der Waals surface area (Å²) < 4.78 is 0. The van der Waals surface area contributed by atoms with Gasteiger partial charge in [0, 0.05) is 32.6 Å². The number of carbonyl (C=O) groups is 1. The second-order valence-electron chi connectivity index (χ2n) is 4.19. The van der Waals surface area contributed by atoms with Gasteiger partial charge in [0.05, 0.1) is 0 Å². The summed E-state index contributed by atoms with van der Waals surface area (Å²) >= 11 is 0. The molecule has 1 atom stereocenters. The molecule has 0 spiro atoms. The Morgan fingerprint density at radius 2 is 2.23 bits per heavy atom. The Bertz CT molecular complexity index is 195. The van der Waals surface area contributed by atoms with Crippen molar-refractivity contribution < 1.29 is 4.79 Å². The van der Waals surface area contributed by atoms with E-state index in [2.05, 4.69) is 5.32 Å². The quantitative estimate of drug-likeness (QED) is 0.628. The molecule has 0 bridgehead atoms. The Labute approximate surface area is 79.5 Å². The first-order chi connectivity index (χ1) is 6.27. The van der Waals surface area contributed by atoms with Gasteiger partial charge in [-0.3, -0.25) is 4.79 Å². The van der Waals surface area contributed by atoms with E-state index in [1.807, 2.05) is 4.90 Å². The van der Waals surface area contributed by atoms with Crippen LogP contribution in [0, 0.1) is 5.92 Å². The van der Waals surface area contributed by atoms with E-state index in [1.54, 1.807) is 6.92 Å². The van der Waals surface area contributed by atoms with Gasteiger partial charge in [-0.15, -0.1) is 0 Å². The van der Waals surface area contributed by atoms with Crippen molar-refractivity contribution in [2.75, 3.05) is 19.6 Å². The molecule has 1 saturated heterocycles. The lowest BCUT2D eigenvalue weighted by Gasteiger charge is -2.23. The van der Waals surface area contributed by atoms with Crippen LogP contribution >= 0.6 is 0 Å². The van der Waals surface area contributed by atoms with Gasteiger partial charge < -0.3 is 4.90 Å². The molecule has 1 unspecified atom stereocenters. The summed E-state index contributed by atoms with van der Waals surface area (Å²) in [6.45, 7) is 4.60. The molecule has 1 amide bonds. The van der Waals surface area contributed by atoms with E-state index >= 15 is 0 Å². The van der Waals surface area contributed by atoms with Gasteiger partial charge in [0.15, 0.2) is 0 Å². The zero-order valence-corrected chi connectivity index (χ0v) is 8.20. The van der Waals surface area contributed by atoms with Crippen molar-refractivity contribution in [2.24, 2.45) is 5.92 Å². The molecule has 1 saturated carbocycles. The monoisotopic (exact) mass is 181 g/mol. The number of carbonyl (C=O) groups excluding carboxylic acids is 1. The molecule has 1 aliphatic carbocycles. The van der Waals surface area contributed by atoms with E-state index in [0.29, 0.717) is 12.0 Å². The largest absolute Gasteiger partial charge is 0.340 e. The fourth-order valence-corrected chi connectivity index (χ4v) is 1.99. The first-order valence-electron chi connectivity index (χ1n) is 5.18. The highest BCUT2D eigenvalue weighted by molar-refractivity contribution is 5.74. The Morgan fingerprint density at radius 3 is 2.69 bits per heavy atom. The Morgan fingerprint density at radius 1 is 1.46 bits per heavy atom. The molecule has 2 fully saturated rings. The standard InChI is InChI=1S/C10H17N2O/c1-8(13)12(10-2-3-10)7-9-4-5-11-6-9/h9-10H,2-7H2,1H3. The Kier molecular flexibility index (Phi) is 2.54. The van der Waals surface area contributed by atoms with Gasteiger partial charge >= 0.3 is 0 Å². The van der Waals surface area contributed by atoms with Crippen LogP contribution in [0.2, 0.25) is 0 Å². The first-order valence-corrected chi connectivity index (χ1v) is 5.18. The number of hydrogen-bond donors (Lipinski definition) is 0. The molecule has 0 aromatic rings. The Hall–Kier alpha value is -0.570. The normalized spacial score (nSPS) is 27.6. The minimum absolute atomic E-state index is 0.245. The second kappa shape index (κ2) is 3.66. The molecule has 2 aliphatic rings. The fourth-order valence-electron chi connectivity index (χ4n) is 1.99. The van der Waals surface area contributed by atoms with E-state index in [4.69, 9.17) is 0 Å². The van der Waals surface area contributed by atoms with Crippen molar-refractivity contribution >= 4 is 5.91 Å². The lowest BCUT2D eigenvalue weighted by atomic mass is 10.1. The van der Waals surface area contributed by atoms with Crippen molar-refractivity contribution in [3.05, 3.63) is 0 Å². The lowest BCUT2D eigenvalue weighted by molar-refractivity contribution is -0.130. The summed E-state index contributed by atoms with van der Waals surface area (Å²) in [6, 6.07) is 0.568. The lowest BCUT2D eigenvalue weighted by Crippen LogP contribution is -2.35. The smallest absolute Gasteiger partial charge is 0.219 e. The van der Waals surface area contributed by atoms with Crippen molar-refractivity contribution in [1.29, 1.82) is 0 Å². The minimum Gasteiger partial charge on any atom is -0.340 e. The van der Waals surface area contributed by atoms with Gasteiger partial charge in [-0.1, -0.05) is 0 Å². The average Bonchev–Trinajstić information content (AvgIpc) is 2.79. The Balaban J connectivity index is 1.84. The van der Waals surface area contributed by atoms with Gasteiger partial charge in [0.1, 0.15) is 0 Å². The van der Waals surface area contributed by atoms with E-state index in [0.717, 1.165) is 19.6 Å². The van der Waals surface area contributed by atoms with Crippen LogP contribution in [-0.4, -0.2) is 36.5 Å². The molecule has 0 N–H and O–H groups in total. The molecule has 0 aromatic carbocycles. The number of hydrogen-bond acceptors (Lipinski definition) is 1. The van der Waals surface area contributed by atoms with E-state index in [-0.39, 0.29) is 5.91 Å². The molecule has 13 heavy (non-hydrogen) atoms. The third-order valence-corrected chi connectivity index (χ3v) is 2.93. The van der Waals surface area contributed by atoms with Crippen molar-refractivity contribution in [3.63, 3.8) is 0 Å². The molecule has 73 valence electrons. The maximum Gasteiger partial charge on any atom is 0.219 e. The molecule has 1 aliphatic heterocycles. The SMILES string of the molecule is CC(=O)N(CC1CC[N]C1)C1CC1.